The Bertz CT molecular complexity index is 405. The number of nitrogens with one attached hydrogen (secondary N) is 1. The van der Waals surface area contributed by atoms with Gasteiger partial charge in [0.1, 0.15) is 0 Å². The van der Waals surface area contributed by atoms with E-state index in [-0.39, 0.29) is 0 Å². The van der Waals surface area contributed by atoms with Crippen molar-refractivity contribution in [2.24, 2.45) is 0 Å². The predicted molar refractivity (Wildman–Crippen MR) is 85.0 cm³/mol. The minimum Gasteiger partial charge on any atom is -0.379 e. The summed E-state index contributed by atoms with van der Waals surface area (Å²) in [5, 5.41) is 3.45. The van der Waals surface area contributed by atoms with Gasteiger partial charge < -0.3 is 14.8 Å². The van der Waals surface area contributed by atoms with Gasteiger partial charge in [0.25, 0.3) is 0 Å². The van der Waals surface area contributed by atoms with Gasteiger partial charge in [0, 0.05) is 24.2 Å². The van der Waals surface area contributed by atoms with Gasteiger partial charge in [0.05, 0.1) is 12.7 Å². The van der Waals surface area contributed by atoms with E-state index in [1.165, 1.54) is 22.0 Å². The summed E-state index contributed by atoms with van der Waals surface area (Å²) < 4.78 is 12.3. The second-order valence-corrected chi connectivity index (χ2v) is 6.19. The Labute approximate surface area is 130 Å². The van der Waals surface area contributed by atoms with Gasteiger partial charge in [0.15, 0.2) is 0 Å². The van der Waals surface area contributed by atoms with E-state index in [2.05, 4.69) is 46.4 Å². The highest BCUT2D eigenvalue weighted by atomic mass is 79.9. The van der Waals surface area contributed by atoms with Crippen molar-refractivity contribution >= 4 is 15.9 Å². The van der Waals surface area contributed by atoms with Crippen molar-refractivity contribution in [2.45, 2.75) is 38.8 Å². The lowest BCUT2D eigenvalue weighted by molar-refractivity contribution is 0.0166. The molecule has 1 N–H and O–H groups in total. The van der Waals surface area contributed by atoms with Crippen LogP contribution in [-0.2, 0) is 16.0 Å². The molecule has 0 saturated carbocycles. The normalized spacial score (nSPS) is 18.6. The summed E-state index contributed by atoms with van der Waals surface area (Å²) in [6.45, 7) is 6.44. The second kappa shape index (κ2) is 8.78. The average molecular weight is 342 g/mol. The van der Waals surface area contributed by atoms with Crippen LogP contribution in [0.4, 0.5) is 0 Å². The molecule has 20 heavy (non-hydrogen) atoms. The van der Waals surface area contributed by atoms with Gasteiger partial charge in [-0.15, -0.1) is 0 Å². The first-order valence-corrected chi connectivity index (χ1v) is 8.20. The number of hydrogen-bond donors (Lipinski definition) is 1. The van der Waals surface area contributed by atoms with E-state index in [1.54, 1.807) is 0 Å². The minimum atomic E-state index is 0.339. The van der Waals surface area contributed by atoms with Crippen molar-refractivity contribution in [2.75, 3.05) is 26.4 Å². The van der Waals surface area contributed by atoms with E-state index in [4.69, 9.17) is 9.47 Å². The number of hydrogen-bond acceptors (Lipinski definition) is 3. The summed E-state index contributed by atoms with van der Waals surface area (Å²) in [7, 11) is 0. The van der Waals surface area contributed by atoms with Gasteiger partial charge in [-0.3, -0.25) is 0 Å². The van der Waals surface area contributed by atoms with Crippen molar-refractivity contribution in [1.82, 2.24) is 5.32 Å². The van der Waals surface area contributed by atoms with Crippen LogP contribution in [0.1, 0.15) is 30.4 Å². The summed E-state index contributed by atoms with van der Waals surface area (Å²) in [4.78, 5) is 0. The fourth-order valence-corrected chi connectivity index (χ4v) is 2.94. The van der Waals surface area contributed by atoms with Crippen LogP contribution in [0, 0.1) is 6.92 Å². The molecule has 1 aromatic carbocycles. The van der Waals surface area contributed by atoms with Crippen LogP contribution in [-0.4, -0.2) is 32.5 Å². The highest BCUT2D eigenvalue weighted by Gasteiger charge is 2.14. The third-order valence-electron chi connectivity index (χ3n) is 3.49. The predicted octanol–water partition coefficient (Wildman–Crippen LogP) is 3.43. The number of ether oxygens (including phenoxy) is 2. The molecule has 1 atom stereocenters. The third kappa shape index (κ3) is 5.52. The van der Waals surface area contributed by atoms with Gasteiger partial charge in [0.2, 0.25) is 0 Å². The van der Waals surface area contributed by atoms with E-state index in [0.29, 0.717) is 6.10 Å². The molecule has 0 aliphatic carbocycles. The fourth-order valence-electron chi connectivity index (χ4n) is 2.31. The zero-order valence-corrected chi connectivity index (χ0v) is 13.7. The van der Waals surface area contributed by atoms with Gasteiger partial charge in [-0.1, -0.05) is 28.1 Å². The number of halogens is 1. The molecular weight excluding hydrogens is 318 g/mol. The lowest BCUT2D eigenvalue weighted by Gasteiger charge is -2.10. The van der Waals surface area contributed by atoms with Gasteiger partial charge in [-0.2, -0.15) is 0 Å². The van der Waals surface area contributed by atoms with Crippen LogP contribution in [0.5, 0.6) is 0 Å². The van der Waals surface area contributed by atoms with Crippen molar-refractivity contribution in [3.63, 3.8) is 0 Å². The Kier molecular flexibility index (Phi) is 7.00. The van der Waals surface area contributed by atoms with Gasteiger partial charge >= 0.3 is 0 Å². The monoisotopic (exact) mass is 341 g/mol. The molecule has 1 aliphatic heterocycles. The third-order valence-corrected chi connectivity index (χ3v) is 4.23. The first-order valence-electron chi connectivity index (χ1n) is 7.41. The van der Waals surface area contributed by atoms with E-state index in [1.807, 2.05) is 0 Å². The number of aryl methyl sites for hydroxylation is 1. The quantitative estimate of drug-likeness (QED) is 0.734. The van der Waals surface area contributed by atoms with Crippen molar-refractivity contribution in [3.8, 4) is 0 Å². The molecule has 1 heterocycles. The molecule has 2 rings (SSSR count). The molecule has 1 aliphatic rings. The van der Waals surface area contributed by atoms with E-state index in [0.717, 1.165) is 45.8 Å². The summed E-state index contributed by atoms with van der Waals surface area (Å²) in [6.07, 6.45) is 3.71. The van der Waals surface area contributed by atoms with Crippen molar-refractivity contribution < 1.29 is 9.47 Å². The van der Waals surface area contributed by atoms with E-state index >= 15 is 0 Å². The highest BCUT2D eigenvalue weighted by molar-refractivity contribution is 9.10. The molecule has 1 fully saturated rings. The van der Waals surface area contributed by atoms with Gasteiger partial charge in [-0.05, 0) is 49.9 Å². The van der Waals surface area contributed by atoms with Gasteiger partial charge in [-0.25, -0.2) is 0 Å². The van der Waals surface area contributed by atoms with Crippen LogP contribution in [0.25, 0.3) is 0 Å². The van der Waals surface area contributed by atoms with Crippen molar-refractivity contribution in [3.05, 3.63) is 33.8 Å². The molecule has 0 radical (unpaired) electrons. The Morgan fingerprint density at radius 2 is 2.35 bits per heavy atom. The first-order chi connectivity index (χ1) is 9.75. The lowest BCUT2D eigenvalue weighted by atomic mass is 10.1. The molecule has 0 amide bonds. The van der Waals surface area contributed by atoms with E-state index in [9.17, 15) is 0 Å². The largest absolute Gasteiger partial charge is 0.379 e. The molecule has 1 unspecified atom stereocenters. The summed E-state index contributed by atoms with van der Waals surface area (Å²) in [5.41, 5.74) is 2.58. The summed E-state index contributed by atoms with van der Waals surface area (Å²) >= 11 is 3.60. The summed E-state index contributed by atoms with van der Waals surface area (Å²) in [5.74, 6) is 0. The maximum Gasteiger partial charge on any atom is 0.0809 e. The molecule has 0 spiro atoms. The Hall–Kier alpha value is -0.420. The Morgan fingerprint density at radius 3 is 3.10 bits per heavy atom. The maximum atomic E-state index is 5.64. The number of benzene rings is 1. The molecule has 3 nitrogen and oxygen atoms in total. The van der Waals surface area contributed by atoms with Crippen LogP contribution in [0.15, 0.2) is 22.7 Å². The van der Waals surface area contributed by atoms with Crippen LogP contribution in [0.2, 0.25) is 0 Å². The molecular formula is C16H24BrNO2. The smallest absolute Gasteiger partial charge is 0.0809 e. The maximum absolute atomic E-state index is 5.64. The molecule has 0 bridgehead atoms. The zero-order valence-electron chi connectivity index (χ0n) is 12.2. The zero-order chi connectivity index (χ0) is 14.2. The second-order valence-electron chi connectivity index (χ2n) is 5.34. The SMILES string of the molecule is Cc1ccc(CNCCCOCC2CCCO2)c(Br)c1. The topological polar surface area (TPSA) is 30.5 Å². The van der Waals surface area contributed by atoms with Crippen LogP contribution in [0.3, 0.4) is 0 Å². The average Bonchev–Trinajstić information content (AvgIpc) is 2.93. The molecule has 4 heteroatoms. The lowest BCUT2D eigenvalue weighted by Crippen LogP contribution is -2.19. The summed E-state index contributed by atoms with van der Waals surface area (Å²) in [6, 6.07) is 6.47. The van der Waals surface area contributed by atoms with E-state index < -0.39 is 0 Å². The first kappa shape index (κ1) is 16.0. The standard InChI is InChI=1S/C16H24BrNO2/c1-13-5-6-14(16(17)10-13)11-18-7-3-8-19-12-15-4-2-9-20-15/h5-6,10,15,18H,2-4,7-9,11-12H2,1H3. The highest BCUT2D eigenvalue weighted by Crippen LogP contribution is 2.18. The molecule has 112 valence electrons. The van der Waals surface area contributed by atoms with Crippen LogP contribution < -0.4 is 5.32 Å². The Balaban J connectivity index is 1.50. The molecule has 0 aromatic heterocycles. The van der Waals surface area contributed by atoms with Crippen LogP contribution >= 0.6 is 15.9 Å². The Morgan fingerprint density at radius 1 is 1.45 bits per heavy atom. The molecule has 1 aromatic rings. The fraction of sp³-hybridized carbons (Fsp3) is 0.625. The van der Waals surface area contributed by atoms with Crippen molar-refractivity contribution in [1.29, 1.82) is 0 Å². The minimum absolute atomic E-state index is 0.339. The number of rotatable bonds is 8. The molecule has 1 saturated heterocycles.